The summed E-state index contributed by atoms with van der Waals surface area (Å²) in [6, 6.07) is 15.7. The third-order valence-electron chi connectivity index (χ3n) is 5.33. The maximum atomic E-state index is 12.9. The predicted molar refractivity (Wildman–Crippen MR) is 144 cm³/mol. The van der Waals surface area contributed by atoms with Crippen LogP contribution in [0.4, 0.5) is 11.4 Å². The summed E-state index contributed by atoms with van der Waals surface area (Å²) in [6.45, 7) is -1.55. The van der Waals surface area contributed by atoms with Gasteiger partial charge >= 0.3 is 17.9 Å². The van der Waals surface area contributed by atoms with E-state index in [1.54, 1.807) is 12.1 Å². The number of benzene rings is 3. The van der Waals surface area contributed by atoms with Crippen LogP contribution >= 0.6 is 0 Å². The number of nitrogens with one attached hydrogen (secondary N) is 1. The molecule has 0 aliphatic heterocycles. The summed E-state index contributed by atoms with van der Waals surface area (Å²) in [5.74, 6) is -3.26. The summed E-state index contributed by atoms with van der Waals surface area (Å²) in [5.41, 5.74) is 1.17. The van der Waals surface area contributed by atoms with Gasteiger partial charge in [-0.15, -0.1) is 5.26 Å². The average Bonchev–Trinajstić information content (AvgIpc) is 3.01. The Morgan fingerprint density at radius 3 is 1.93 bits per heavy atom. The van der Waals surface area contributed by atoms with Gasteiger partial charge in [0.2, 0.25) is 12.2 Å². The molecule has 1 atom stereocenters. The van der Waals surface area contributed by atoms with Gasteiger partial charge in [0.05, 0.1) is 16.9 Å². The number of hydrogen-bond donors (Lipinski definition) is 1. The lowest BCUT2D eigenvalue weighted by atomic mass is 10.1. The van der Waals surface area contributed by atoms with Gasteiger partial charge in [-0.05, 0) is 66.2 Å². The fourth-order valence-electron chi connectivity index (χ4n) is 3.38. The van der Waals surface area contributed by atoms with E-state index in [9.17, 15) is 28.8 Å². The zero-order valence-electron chi connectivity index (χ0n) is 22.1. The first-order valence-corrected chi connectivity index (χ1v) is 12.2. The van der Waals surface area contributed by atoms with E-state index in [0.717, 1.165) is 0 Å². The lowest BCUT2D eigenvalue weighted by Crippen LogP contribution is -2.45. The number of ether oxygens (including phenoxy) is 4. The second kappa shape index (κ2) is 16.0. The molecule has 0 heterocycles. The highest BCUT2D eigenvalue weighted by molar-refractivity contribution is 5.92. The van der Waals surface area contributed by atoms with Crippen LogP contribution in [-0.4, -0.2) is 55.2 Å². The van der Waals surface area contributed by atoms with Crippen molar-refractivity contribution < 1.29 is 47.7 Å². The minimum atomic E-state index is -1.32. The second-order valence-electron chi connectivity index (χ2n) is 8.27. The minimum Gasteiger partial charge on any atom is -0.452 e. The summed E-state index contributed by atoms with van der Waals surface area (Å²) in [4.78, 5) is 77.4. The predicted octanol–water partition coefficient (Wildman–Crippen LogP) is 2.51. The number of amides is 1. The number of isocyanates is 2. The van der Waals surface area contributed by atoms with E-state index in [1.165, 1.54) is 79.1 Å². The van der Waals surface area contributed by atoms with E-state index < -0.39 is 43.1 Å². The van der Waals surface area contributed by atoms with E-state index in [4.69, 9.17) is 24.2 Å². The lowest BCUT2D eigenvalue weighted by molar-refractivity contribution is -0.156. The molecule has 1 unspecified atom stereocenters. The summed E-state index contributed by atoms with van der Waals surface area (Å²) >= 11 is 0. The number of aliphatic imine (C=N–C) groups is 2. The molecule has 1 N–H and O–H groups in total. The first-order chi connectivity index (χ1) is 20.8. The maximum Gasteiger partial charge on any atom is 0.349 e. The Kier molecular flexibility index (Phi) is 11.6. The molecule has 1 amide bonds. The molecule has 0 radical (unpaired) electrons. The summed E-state index contributed by atoms with van der Waals surface area (Å²) in [5, 5.41) is 11.0. The van der Waals surface area contributed by atoms with E-state index >= 15 is 0 Å². The topological polar surface area (TPSA) is 200 Å². The van der Waals surface area contributed by atoms with Crippen LogP contribution in [0.1, 0.15) is 15.9 Å². The zero-order valence-corrected chi connectivity index (χ0v) is 22.1. The molecule has 216 valence electrons. The molecular weight excluding hydrogens is 564 g/mol. The molecule has 0 aliphatic rings. The molecule has 0 fully saturated rings. The number of carbonyl (C=O) groups is 4. The van der Waals surface area contributed by atoms with Gasteiger partial charge < -0.3 is 24.3 Å². The normalized spacial score (nSPS) is 10.4. The van der Waals surface area contributed by atoms with Crippen LogP contribution in [0.3, 0.4) is 0 Å². The molecule has 0 bridgehead atoms. The second-order valence-corrected chi connectivity index (χ2v) is 8.27. The monoisotopic (exact) mass is 584 g/mol. The molecule has 3 aromatic rings. The van der Waals surface area contributed by atoms with Crippen LogP contribution < -0.4 is 14.8 Å². The van der Waals surface area contributed by atoms with Gasteiger partial charge in [-0.3, -0.25) is 4.79 Å². The van der Waals surface area contributed by atoms with E-state index in [0.29, 0.717) is 11.3 Å². The molecule has 14 nitrogen and oxygen atoms in total. The summed E-state index contributed by atoms with van der Waals surface area (Å²) in [6.07, 6.45) is 4.17. The third kappa shape index (κ3) is 10.3. The highest BCUT2D eigenvalue weighted by Crippen LogP contribution is 2.18. The highest BCUT2D eigenvalue weighted by atomic mass is 16.6. The first kappa shape index (κ1) is 31.1. The molecule has 0 aromatic heterocycles. The first-order valence-electron chi connectivity index (χ1n) is 12.2. The van der Waals surface area contributed by atoms with Gasteiger partial charge in [-0.1, -0.05) is 12.1 Å². The number of carbonyl (C=O) groups excluding carboxylic acids is 6. The molecule has 0 spiro atoms. The van der Waals surface area contributed by atoms with Crippen LogP contribution in [0.15, 0.2) is 82.8 Å². The van der Waals surface area contributed by atoms with E-state index in [2.05, 4.69) is 15.3 Å². The Labute approximate surface area is 243 Å². The number of esters is 3. The van der Waals surface area contributed by atoms with Crippen molar-refractivity contribution in [1.82, 2.24) is 5.32 Å². The minimum absolute atomic E-state index is 0.0814. The lowest BCUT2D eigenvalue weighted by Gasteiger charge is -2.18. The van der Waals surface area contributed by atoms with Crippen molar-refractivity contribution in [3.63, 3.8) is 0 Å². The average molecular weight is 584 g/mol. The van der Waals surface area contributed by atoms with Crippen molar-refractivity contribution in [2.45, 2.75) is 12.5 Å². The molecule has 0 saturated carbocycles. The quantitative estimate of drug-likeness (QED) is 0.102. The van der Waals surface area contributed by atoms with Gasteiger partial charge in [0.15, 0.2) is 13.2 Å². The Balaban J connectivity index is 1.61. The fraction of sp³-hybridized carbons (Fsp3) is 0.138. The zero-order chi connectivity index (χ0) is 31.0. The largest absolute Gasteiger partial charge is 0.452 e. The maximum absolute atomic E-state index is 12.9. The van der Waals surface area contributed by atoms with Crippen LogP contribution in [0.5, 0.6) is 11.5 Å². The van der Waals surface area contributed by atoms with Crippen LogP contribution in [0, 0.1) is 11.5 Å². The molecule has 0 saturated heterocycles. The van der Waals surface area contributed by atoms with Gasteiger partial charge in [0.25, 0.3) is 12.2 Å². The van der Waals surface area contributed by atoms with Gasteiger partial charge in [0.1, 0.15) is 17.5 Å². The Hall–Kier alpha value is -6.41. The summed E-state index contributed by atoms with van der Waals surface area (Å²) < 4.78 is 19.8. The van der Waals surface area contributed by atoms with Crippen molar-refractivity contribution in [2.24, 2.45) is 9.98 Å². The molecule has 3 aromatic carbocycles. The van der Waals surface area contributed by atoms with E-state index in [1.807, 2.05) is 0 Å². The number of hydrogen-bond acceptors (Lipinski definition) is 13. The molecular formula is C29H20N4O10. The number of rotatable bonds is 13. The Morgan fingerprint density at radius 1 is 0.767 bits per heavy atom. The third-order valence-corrected chi connectivity index (χ3v) is 5.33. The van der Waals surface area contributed by atoms with Crippen LogP contribution in [0.2, 0.25) is 0 Å². The van der Waals surface area contributed by atoms with Gasteiger partial charge in [-0.2, -0.15) is 9.98 Å². The summed E-state index contributed by atoms with van der Waals surface area (Å²) in [7, 11) is 0. The molecule has 14 heteroatoms. The number of nitrogens with zero attached hydrogens (tertiary/aromatic N) is 3. The standard InChI is InChI=1S/C29H20N4O10/c30-16-42-23-9-1-19(2-10-23)13-25(29(39)41-15-27(37)43-24-11-7-22(8-12-24)32-18-35)33-26(36)14-40-28(38)20-3-5-21(6-4-20)31-17-34/h1-12,25H,13-15H2,(H,33,36). The molecule has 3 rings (SSSR count). The SMILES string of the molecule is N#COc1ccc(CC(NC(=O)COC(=O)c2ccc(N=C=O)cc2)C(=O)OCC(=O)Oc2ccc(N=C=O)cc2)cc1. The van der Waals surface area contributed by atoms with Crippen molar-refractivity contribution in [2.75, 3.05) is 13.2 Å². The number of nitriles is 1. The fourth-order valence-corrected chi connectivity index (χ4v) is 3.38. The molecule has 43 heavy (non-hydrogen) atoms. The Morgan fingerprint density at radius 2 is 1.35 bits per heavy atom. The van der Waals surface area contributed by atoms with Crippen molar-refractivity contribution in [1.29, 1.82) is 5.26 Å². The van der Waals surface area contributed by atoms with Gasteiger partial charge in [-0.25, -0.2) is 24.0 Å². The molecule has 0 aliphatic carbocycles. The van der Waals surface area contributed by atoms with Crippen molar-refractivity contribution in [3.8, 4) is 17.8 Å². The van der Waals surface area contributed by atoms with Gasteiger partial charge in [0, 0.05) is 6.42 Å². The van der Waals surface area contributed by atoms with Crippen LogP contribution in [0.25, 0.3) is 0 Å². The van der Waals surface area contributed by atoms with Crippen molar-refractivity contribution >= 4 is 47.3 Å². The van der Waals surface area contributed by atoms with Crippen molar-refractivity contribution in [3.05, 3.63) is 83.9 Å². The van der Waals surface area contributed by atoms with Crippen LogP contribution in [-0.2, 0) is 39.9 Å². The highest BCUT2D eigenvalue weighted by Gasteiger charge is 2.25. The Bertz CT molecular complexity index is 1600. The smallest absolute Gasteiger partial charge is 0.349 e. The van der Waals surface area contributed by atoms with E-state index in [-0.39, 0.29) is 29.2 Å².